The summed E-state index contributed by atoms with van der Waals surface area (Å²) in [6.07, 6.45) is 9.58. The fraction of sp³-hybridized carbons (Fsp3) is 0.593. The molecule has 0 spiro atoms. The number of rotatable bonds is 13. The van der Waals surface area contributed by atoms with Crippen molar-refractivity contribution in [1.82, 2.24) is 4.90 Å². The predicted molar refractivity (Wildman–Crippen MR) is 211 cm³/mol. The summed E-state index contributed by atoms with van der Waals surface area (Å²) in [6.45, 7) is 10.7. The van der Waals surface area contributed by atoms with Gasteiger partial charge in [0.05, 0.1) is 5.69 Å². The molecule has 2 amide bonds. The number of fused-ring (bicyclic) bond motifs is 1. The number of anilines is 1. The molecule has 13 N–H and O–H groups in total. The van der Waals surface area contributed by atoms with E-state index < -0.39 is 126 Å². The van der Waals surface area contributed by atoms with E-state index in [9.17, 15) is 4.79 Å². The van der Waals surface area contributed by atoms with Gasteiger partial charge >= 0.3 is 191 Å². The summed E-state index contributed by atoms with van der Waals surface area (Å²) in [6, 6.07) is 14.4. The Morgan fingerprint density at radius 3 is 1.08 bits per heavy atom. The molecule has 2 aromatic rings. The summed E-state index contributed by atoms with van der Waals surface area (Å²) in [5.41, 5.74) is 0.909. The SMILES string of the molecule is CCCCC(CC)CN(CC(CC)CCCC)C(=O)Nc1cccc2ccccc12.F.F.F.F.F.F.[O]=[Sb]([OH])[OH].[O]=[Sb]([OH])[OH].[O]=[Sb]([OH])[OH].[O]=[Sb]([OH])[OH].[O]=[Sb]([OH])[OH].[O]=[Sb]([OH])[OH]. The van der Waals surface area contributed by atoms with E-state index in [2.05, 4.69) is 56.1 Å². The van der Waals surface area contributed by atoms with E-state index in [0.29, 0.717) is 11.8 Å². The average molecular weight is 1560 g/mol. The van der Waals surface area contributed by atoms with Crippen LogP contribution in [0.25, 0.3) is 10.8 Å². The molecule has 2 rings (SSSR count). The average Bonchev–Trinajstić information content (AvgIpc) is 3.02. The third-order valence-electron chi connectivity index (χ3n) is 6.36. The number of hydrogen-bond donors (Lipinski definition) is 13. The van der Waals surface area contributed by atoms with Crippen LogP contribution in [-0.2, 0) is 18.1 Å². The molecule has 0 saturated carbocycles. The van der Waals surface area contributed by atoms with Crippen molar-refractivity contribution in [3.63, 3.8) is 0 Å². The van der Waals surface area contributed by atoms with Crippen LogP contribution in [0.5, 0.6) is 0 Å². The van der Waals surface area contributed by atoms with Gasteiger partial charge in [-0.25, -0.2) is 4.79 Å². The molecule has 33 heteroatoms. The molecule has 2 aromatic carbocycles. The quantitative estimate of drug-likeness (QED) is 0.0874. The Hall–Kier alpha value is 0.779. The number of unbranched alkanes of at least 4 members (excludes halogenated alkanes) is 2. The normalized spacial score (nSPS) is 9.20. The van der Waals surface area contributed by atoms with E-state index in [4.69, 9.17) is 58.7 Å². The van der Waals surface area contributed by atoms with Crippen molar-refractivity contribution in [2.24, 2.45) is 11.8 Å². The van der Waals surface area contributed by atoms with E-state index in [0.717, 1.165) is 42.4 Å². The van der Waals surface area contributed by atoms with Crippen LogP contribution in [-0.4, -0.2) is 191 Å². The van der Waals surface area contributed by atoms with Crippen LogP contribution in [0.15, 0.2) is 42.5 Å². The van der Waals surface area contributed by atoms with Gasteiger partial charge in [0.15, 0.2) is 0 Å². The van der Waals surface area contributed by atoms with Gasteiger partial charge in [-0.2, -0.15) is 0 Å². The summed E-state index contributed by atoms with van der Waals surface area (Å²) in [4.78, 5) is 15.5. The third kappa shape index (κ3) is 79.2. The summed E-state index contributed by atoms with van der Waals surface area (Å²) < 4.78 is 140. The molecule has 2 unspecified atom stereocenters. The summed E-state index contributed by atoms with van der Waals surface area (Å²) >= 11 is -22.2. The summed E-state index contributed by atoms with van der Waals surface area (Å²) in [5.74, 6) is 1.15. The van der Waals surface area contributed by atoms with Crippen molar-refractivity contribution in [2.75, 3.05) is 18.4 Å². The molecule has 60 heavy (non-hydrogen) atoms. The van der Waals surface area contributed by atoms with Gasteiger partial charge in [0.25, 0.3) is 0 Å². The fourth-order valence-corrected chi connectivity index (χ4v) is 4.23. The first kappa shape index (κ1) is 87.7. The van der Waals surface area contributed by atoms with E-state index in [1.807, 2.05) is 24.3 Å². The maximum atomic E-state index is 13.4. The second kappa shape index (κ2) is 61.9. The Balaban J connectivity index is -0.0000000738. The molecule has 0 aliphatic carbocycles. The number of urea groups is 1. The second-order valence-electron chi connectivity index (χ2n) is 10.2. The van der Waals surface area contributed by atoms with Gasteiger partial charge < -0.3 is 10.2 Å². The number of carbonyl (C=O) groups excluding carboxylic acids is 1. The first-order chi connectivity index (χ1) is 25.0. The Kier molecular flexibility index (Phi) is 90.4. The molecule has 0 bridgehead atoms. The van der Waals surface area contributed by atoms with Gasteiger partial charge in [0.1, 0.15) is 0 Å². The first-order valence-electron chi connectivity index (χ1n) is 15.7. The zero-order valence-electron chi connectivity index (χ0n) is 32.6. The van der Waals surface area contributed by atoms with Gasteiger partial charge in [-0.15, -0.1) is 0 Å². The van der Waals surface area contributed by atoms with Crippen molar-refractivity contribution in [3.05, 3.63) is 42.5 Å². The molecule has 0 saturated heterocycles. The van der Waals surface area contributed by atoms with Crippen LogP contribution < -0.4 is 5.32 Å². The van der Waals surface area contributed by atoms with Crippen molar-refractivity contribution in [1.29, 1.82) is 0 Å². The van der Waals surface area contributed by atoms with Crippen LogP contribution in [0.1, 0.15) is 79.1 Å². The van der Waals surface area contributed by atoms with Crippen molar-refractivity contribution in [3.8, 4) is 0 Å². The number of halogens is 6. The molecule has 0 aromatic heterocycles. The molecule has 0 heterocycles. The summed E-state index contributed by atoms with van der Waals surface area (Å²) in [5, 5.41) is 5.50. The second-order valence-corrected chi connectivity index (χ2v) is 18.9. The molecule has 6 radical (unpaired) electrons. The predicted octanol–water partition coefficient (Wildman–Crippen LogP) is -0.660. The van der Waals surface area contributed by atoms with Gasteiger partial charge in [-0.05, 0) is 36.1 Å². The van der Waals surface area contributed by atoms with Crippen molar-refractivity contribution in [2.45, 2.75) is 79.1 Å². The monoisotopic (exact) mass is 1560 g/mol. The Morgan fingerprint density at radius 2 is 0.800 bits per heavy atom. The number of nitrogens with one attached hydrogen (secondary N) is 1. The first-order valence-corrected chi connectivity index (χ1v) is 35.6. The van der Waals surface area contributed by atoms with Gasteiger partial charge in [-0.3, -0.25) is 28.2 Å². The molecule has 364 valence electrons. The molecular weight excluding hydrogens is 1500 g/mol. The Morgan fingerprint density at radius 1 is 0.517 bits per heavy atom. The van der Waals surface area contributed by atoms with E-state index in [1.54, 1.807) is 0 Å². The van der Waals surface area contributed by atoms with Crippen LogP contribution in [0.4, 0.5) is 38.7 Å². The number of amides is 2. The zero-order valence-corrected chi connectivity index (χ0v) is 47.9. The maximum absolute atomic E-state index is 13.4. The Bertz CT molecular complexity index is 1250. The number of nitrogens with zero attached hydrogens (tertiary/aromatic N) is 1. The van der Waals surface area contributed by atoms with Gasteiger partial charge in [0, 0.05) is 18.5 Å². The number of benzene rings is 2. The standard InChI is InChI=1S/C27H42N2O.6FH.12H2O.6O.6Sb/c1-5-9-14-22(7-3)20-29(21-23(8-4)15-10-6-2)27(30)28-26-19-13-17-24-16-11-12-18-25(24)26;;;;;;;;;;;;;;;;;;;;;;;;;;;;;;/h11-13,16-19,22-23H,5-10,14-15,20-21H2,1-4H3,(H,28,30);6*1H;12*1H2;;;;;;;;;;;;/q;;;;;;;;;;;;;;;;;;;;;;;;;6*+2/p-12. The molecule has 2 atom stereocenters. The van der Waals surface area contributed by atoms with Crippen molar-refractivity contribution >= 4 is 149 Å². The van der Waals surface area contributed by atoms with E-state index >= 15 is 0 Å². The van der Waals surface area contributed by atoms with E-state index in [1.165, 1.54) is 38.5 Å². The zero-order chi connectivity index (χ0) is 43.2. The van der Waals surface area contributed by atoms with Crippen LogP contribution in [0.3, 0.4) is 0 Å². The Labute approximate surface area is 392 Å². The van der Waals surface area contributed by atoms with Crippen molar-refractivity contribution < 1.29 is 91.7 Å². The number of carbonyl (C=O) groups is 1. The van der Waals surface area contributed by atoms with E-state index in [-0.39, 0.29) is 34.3 Å². The minimum absolute atomic E-state index is 0. The third-order valence-corrected chi connectivity index (χ3v) is 6.36. The molecule has 0 aliphatic heterocycles. The van der Waals surface area contributed by atoms with Gasteiger partial charge in [-0.1, -0.05) is 103 Å². The topological polar surface area (TPSA) is 378 Å². The minimum atomic E-state index is -3.70. The molecule has 21 nitrogen and oxygen atoms in total. The fourth-order valence-electron chi connectivity index (χ4n) is 4.23. The summed E-state index contributed by atoms with van der Waals surface area (Å²) in [7, 11) is 0. The molecular formula is C27H60F6N2O19Sb6. The van der Waals surface area contributed by atoms with Crippen LogP contribution in [0.2, 0.25) is 0 Å². The van der Waals surface area contributed by atoms with Crippen LogP contribution >= 0.6 is 0 Å². The van der Waals surface area contributed by atoms with Crippen LogP contribution in [0, 0.1) is 11.8 Å². The molecule has 0 fully saturated rings. The van der Waals surface area contributed by atoms with Gasteiger partial charge in [0.2, 0.25) is 0 Å². The number of hydrogen-bond acceptors (Lipinski definition) is 7. The molecule has 0 aliphatic rings.